The average Bonchev–Trinajstić information content (AvgIpc) is 2.85. The lowest BCUT2D eigenvalue weighted by Gasteiger charge is -2.12. The molecule has 0 aromatic heterocycles. The molecule has 3 N–H and O–H groups in total. The molecule has 0 aliphatic heterocycles. The Morgan fingerprint density at radius 3 is 2.03 bits per heavy atom. The van der Waals surface area contributed by atoms with Crippen molar-refractivity contribution < 1.29 is 21.6 Å². The molecule has 4 rings (SSSR count). The molecular formula is C26H21BrClN3O5S2. The fourth-order valence-corrected chi connectivity index (χ4v) is 6.32. The van der Waals surface area contributed by atoms with Gasteiger partial charge in [-0.3, -0.25) is 14.2 Å². The molecule has 8 nitrogen and oxygen atoms in total. The molecule has 0 fully saturated rings. The summed E-state index contributed by atoms with van der Waals surface area (Å²) in [6, 6.07) is 22.9. The summed E-state index contributed by atoms with van der Waals surface area (Å²) in [5, 5.41) is 2.58. The van der Waals surface area contributed by atoms with E-state index in [-0.39, 0.29) is 20.4 Å². The van der Waals surface area contributed by atoms with Crippen molar-refractivity contribution >= 4 is 70.5 Å². The molecule has 0 bridgehead atoms. The van der Waals surface area contributed by atoms with Crippen molar-refractivity contribution in [1.29, 1.82) is 0 Å². The highest BCUT2D eigenvalue weighted by molar-refractivity contribution is 9.10. The number of hydrogen-bond donors (Lipinski definition) is 3. The van der Waals surface area contributed by atoms with Crippen molar-refractivity contribution in [2.75, 3.05) is 14.8 Å². The topological polar surface area (TPSA) is 121 Å². The second kappa shape index (κ2) is 11.2. The van der Waals surface area contributed by atoms with E-state index < -0.39 is 26.0 Å². The van der Waals surface area contributed by atoms with Gasteiger partial charge in [0.1, 0.15) is 4.90 Å². The minimum absolute atomic E-state index is 0.000475. The van der Waals surface area contributed by atoms with E-state index in [1.54, 1.807) is 42.5 Å². The zero-order valence-corrected chi connectivity index (χ0v) is 23.7. The van der Waals surface area contributed by atoms with Crippen LogP contribution in [0.3, 0.4) is 0 Å². The highest BCUT2D eigenvalue weighted by Gasteiger charge is 2.21. The van der Waals surface area contributed by atoms with Crippen LogP contribution >= 0.6 is 27.5 Å². The van der Waals surface area contributed by atoms with Gasteiger partial charge in [-0.2, -0.15) is 0 Å². The van der Waals surface area contributed by atoms with E-state index in [2.05, 4.69) is 30.7 Å². The Morgan fingerprint density at radius 1 is 0.737 bits per heavy atom. The van der Waals surface area contributed by atoms with Gasteiger partial charge in [0, 0.05) is 27.1 Å². The summed E-state index contributed by atoms with van der Waals surface area (Å²) in [6.07, 6.45) is 0. The standard InChI is InChI=1S/C26H21BrClN3O5S2/c1-17-3-2-4-22(15-17)31-38(35,36)25-16-18(5-14-24(25)28)26(32)29-20-10-12-23(13-11-20)37(33,34)30-21-8-6-19(27)7-9-21/h2-16,30-31H,1H3,(H,29,32). The number of hydrogen-bond acceptors (Lipinski definition) is 5. The Kier molecular flexibility index (Phi) is 8.12. The maximum atomic E-state index is 13.0. The molecule has 12 heteroatoms. The second-order valence-corrected chi connectivity index (χ2v) is 12.9. The van der Waals surface area contributed by atoms with Gasteiger partial charge in [0.2, 0.25) is 0 Å². The van der Waals surface area contributed by atoms with Gasteiger partial charge in [0.15, 0.2) is 0 Å². The molecule has 0 heterocycles. The van der Waals surface area contributed by atoms with Crippen LogP contribution in [0.25, 0.3) is 0 Å². The fraction of sp³-hybridized carbons (Fsp3) is 0.0385. The molecule has 0 radical (unpaired) electrons. The number of carbonyl (C=O) groups excluding carboxylic acids is 1. The second-order valence-electron chi connectivity index (χ2n) is 8.21. The molecule has 196 valence electrons. The van der Waals surface area contributed by atoms with E-state index in [9.17, 15) is 21.6 Å². The van der Waals surface area contributed by atoms with Crippen LogP contribution in [0.4, 0.5) is 17.1 Å². The monoisotopic (exact) mass is 633 g/mol. The highest BCUT2D eigenvalue weighted by atomic mass is 79.9. The Hall–Kier alpha value is -3.38. The molecule has 4 aromatic rings. The smallest absolute Gasteiger partial charge is 0.263 e. The molecule has 0 saturated heterocycles. The molecule has 0 atom stereocenters. The normalized spacial score (nSPS) is 11.6. The van der Waals surface area contributed by atoms with Crippen molar-refractivity contribution in [3.63, 3.8) is 0 Å². The third kappa shape index (κ3) is 6.73. The van der Waals surface area contributed by atoms with Crippen LogP contribution in [0.5, 0.6) is 0 Å². The van der Waals surface area contributed by atoms with Crippen LogP contribution in [-0.4, -0.2) is 22.7 Å². The van der Waals surface area contributed by atoms with Crippen molar-refractivity contribution in [3.8, 4) is 0 Å². The number of benzene rings is 4. The first kappa shape index (κ1) is 27.6. The third-order valence-electron chi connectivity index (χ3n) is 5.27. The van der Waals surface area contributed by atoms with E-state index >= 15 is 0 Å². The van der Waals surface area contributed by atoms with Gasteiger partial charge in [0.25, 0.3) is 26.0 Å². The minimum atomic E-state index is -4.08. The molecule has 0 saturated carbocycles. The molecule has 1 amide bonds. The summed E-state index contributed by atoms with van der Waals surface area (Å²) < 4.78 is 57.0. The van der Waals surface area contributed by atoms with Crippen molar-refractivity contribution in [2.45, 2.75) is 16.7 Å². The minimum Gasteiger partial charge on any atom is -0.322 e. The summed E-state index contributed by atoms with van der Waals surface area (Å²) in [5.74, 6) is -0.600. The SMILES string of the molecule is Cc1cccc(NS(=O)(=O)c2cc(C(=O)Nc3ccc(S(=O)(=O)Nc4ccc(Br)cc4)cc3)ccc2Cl)c1. The van der Waals surface area contributed by atoms with E-state index in [0.717, 1.165) is 10.0 Å². The van der Waals surface area contributed by atoms with Gasteiger partial charge >= 0.3 is 0 Å². The Morgan fingerprint density at radius 2 is 1.37 bits per heavy atom. The molecule has 38 heavy (non-hydrogen) atoms. The number of anilines is 3. The van der Waals surface area contributed by atoms with Gasteiger partial charge in [0.05, 0.1) is 9.92 Å². The van der Waals surface area contributed by atoms with E-state index in [1.807, 2.05) is 13.0 Å². The van der Waals surface area contributed by atoms with Crippen molar-refractivity contribution in [2.24, 2.45) is 0 Å². The highest BCUT2D eigenvalue weighted by Crippen LogP contribution is 2.26. The third-order valence-corrected chi connectivity index (χ3v) is 9.06. The van der Waals surface area contributed by atoms with Gasteiger partial charge in [-0.05, 0) is 91.3 Å². The molecule has 4 aromatic carbocycles. The molecule has 0 unspecified atom stereocenters. The largest absolute Gasteiger partial charge is 0.322 e. The first-order valence-corrected chi connectivity index (χ1v) is 15.2. The van der Waals surface area contributed by atoms with E-state index in [4.69, 9.17) is 11.6 Å². The number of halogens is 2. The van der Waals surface area contributed by atoms with Gasteiger partial charge in [-0.25, -0.2) is 16.8 Å². The molecule has 0 aliphatic carbocycles. The number of nitrogens with one attached hydrogen (secondary N) is 3. The van der Waals surface area contributed by atoms with Crippen LogP contribution in [0.1, 0.15) is 15.9 Å². The van der Waals surface area contributed by atoms with Crippen LogP contribution in [0, 0.1) is 6.92 Å². The lowest BCUT2D eigenvalue weighted by atomic mass is 10.2. The summed E-state index contributed by atoms with van der Waals surface area (Å²) in [5.41, 5.74) is 1.99. The summed E-state index contributed by atoms with van der Waals surface area (Å²) in [7, 11) is -7.92. The fourth-order valence-electron chi connectivity index (χ4n) is 3.42. The Bertz CT molecular complexity index is 1710. The van der Waals surface area contributed by atoms with Gasteiger partial charge in [-0.15, -0.1) is 0 Å². The molecular weight excluding hydrogens is 614 g/mol. The van der Waals surface area contributed by atoms with Crippen LogP contribution in [0.2, 0.25) is 5.02 Å². The van der Waals surface area contributed by atoms with Crippen LogP contribution < -0.4 is 14.8 Å². The maximum absolute atomic E-state index is 13.0. The Balaban J connectivity index is 1.49. The van der Waals surface area contributed by atoms with Crippen LogP contribution in [-0.2, 0) is 20.0 Å². The van der Waals surface area contributed by atoms with Crippen molar-refractivity contribution in [1.82, 2.24) is 0 Å². The summed E-state index contributed by atoms with van der Waals surface area (Å²) in [6.45, 7) is 1.83. The zero-order chi connectivity index (χ0) is 27.5. The van der Waals surface area contributed by atoms with Gasteiger partial charge < -0.3 is 5.32 Å². The van der Waals surface area contributed by atoms with Crippen LogP contribution in [0.15, 0.2) is 105 Å². The summed E-state index contributed by atoms with van der Waals surface area (Å²) in [4.78, 5) is 12.6. The first-order chi connectivity index (χ1) is 17.9. The molecule has 0 spiro atoms. The van der Waals surface area contributed by atoms with Gasteiger partial charge in [-0.1, -0.05) is 39.7 Å². The number of amides is 1. The maximum Gasteiger partial charge on any atom is 0.263 e. The predicted molar refractivity (Wildman–Crippen MR) is 153 cm³/mol. The number of rotatable bonds is 8. The number of carbonyl (C=O) groups is 1. The van der Waals surface area contributed by atoms with Crippen molar-refractivity contribution in [3.05, 3.63) is 112 Å². The Labute approximate surface area is 234 Å². The average molecular weight is 635 g/mol. The quantitative estimate of drug-likeness (QED) is 0.211. The van der Waals surface area contributed by atoms with E-state index in [0.29, 0.717) is 17.1 Å². The number of aryl methyl sites for hydroxylation is 1. The van der Waals surface area contributed by atoms with E-state index in [1.165, 1.54) is 42.5 Å². The lowest BCUT2D eigenvalue weighted by Crippen LogP contribution is -2.17. The summed E-state index contributed by atoms with van der Waals surface area (Å²) >= 11 is 9.45. The number of sulfonamides is 2. The first-order valence-electron chi connectivity index (χ1n) is 11.0. The molecule has 0 aliphatic rings. The lowest BCUT2D eigenvalue weighted by molar-refractivity contribution is 0.102. The zero-order valence-electron chi connectivity index (χ0n) is 19.8. The predicted octanol–water partition coefficient (Wildman–Crippen LogP) is 6.26.